The summed E-state index contributed by atoms with van der Waals surface area (Å²) in [6.07, 6.45) is 1.57. The van der Waals surface area contributed by atoms with Gasteiger partial charge in [-0.25, -0.2) is 0 Å². The summed E-state index contributed by atoms with van der Waals surface area (Å²) in [6, 6.07) is 11.0. The summed E-state index contributed by atoms with van der Waals surface area (Å²) in [6.45, 7) is 2.90. The summed E-state index contributed by atoms with van der Waals surface area (Å²) >= 11 is 1.18. The first-order chi connectivity index (χ1) is 12.2. The number of nitrogens with one attached hydrogen (secondary N) is 1. The Morgan fingerprint density at radius 1 is 1.24 bits per heavy atom. The number of ether oxygens (including phenoxy) is 1. The van der Waals surface area contributed by atoms with Crippen LogP contribution in [0.4, 0.5) is 0 Å². The Morgan fingerprint density at radius 3 is 2.80 bits per heavy atom. The van der Waals surface area contributed by atoms with Crippen molar-refractivity contribution in [2.75, 3.05) is 12.4 Å². The van der Waals surface area contributed by atoms with Gasteiger partial charge in [0.1, 0.15) is 11.5 Å². The first-order valence-electron chi connectivity index (χ1n) is 7.73. The van der Waals surface area contributed by atoms with Crippen molar-refractivity contribution >= 4 is 17.7 Å². The zero-order valence-corrected chi connectivity index (χ0v) is 14.4. The Balaban J connectivity index is 1.50. The summed E-state index contributed by atoms with van der Waals surface area (Å²) in [5, 5.41) is 11.1. The van der Waals surface area contributed by atoms with Crippen molar-refractivity contribution in [2.45, 2.75) is 18.7 Å². The van der Waals surface area contributed by atoms with Crippen LogP contribution < -0.4 is 10.1 Å². The van der Waals surface area contributed by atoms with Gasteiger partial charge in [0.25, 0.3) is 5.22 Å². The van der Waals surface area contributed by atoms with Gasteiger partial charge < -0.3 is 18.9 Å². The second kappa shape index (κ2) is 8.39. The number of furan rings is 1. The lowest BCUT2D eigenvalue weighted by atomic mass is 10.2. The van der Waals surface area contributed by atoms with Crippen LogP contribution in [0.15, 0.2) is 56.7 Å². The van der Waals surface area contributed by atoms with Gasteiger partial charge in [-0.2, -0.15) is 0 Å². The van der Waals surface area contributed by atoms with Crippen molar-refractivity contribution in [1.82, 2.24) is 15.5 Å². The zero-order valence-electron chi connectivity index (χ0n) is 13.6. The fraction of sp³-hybridized carbons (Fsp3) is 0.235. The van der Waals surface area contributed by atoms with Crippen LogP contribution in [0.1, 0.15) is 12.7 Å². The van der Waals surface area contributed by atoms with Gasteiger partial charge in [0.05, 0.1) is 25.2 Å². The Hall–Kier alpha value is -2.74. The first-order valence-corrected chi connectivity index (χ1v) is 8.72. The van der Waals surface area contributed by atoms with E-state index in [2.05, 4.69) is 15.5 Å². The van der Waals surface area contributed by atoms with E-state index in [1.54, 1.807) is 18.4 Å². The molecule has 0 aliphatic carbocycles. The van der Waals surface area contributed by atoms with E-state index in [1.165, 1.54) is 11.8 Å². The molecule has 3 aromatic rings. The SMILES string of the molecule is CCOc1ccc(-c2nnc(SCC(=O)NCc3ccco3)o2)cc1. The summed E-state index contributed by atoms with van der Waals surface area (Å²) < 4.78 is 16.1. The van der Waals surface area contributed by atoms with Gasteiger partial charge in [-0.05, 0) is 43.3 Å². The van der Waals surface area contributed by atoms with E-state index < -0.39 is 0 Å². The Bertz CT molecular complexity index is 800. The molecule has 0 bridgehead atoms. The van der Waals surface area contributed by atoms with Crippen molar-refractivity contribution in [3.8, 4) is 17.2 Å². The minimum Gasteiger partial charge on any atom is -0.494 e. The second-order valence-corrected chi connectivity index (χ2v) is 5.90. The topological polar surface area (TPSA) is 90.4 Å². The van der Waals surface area contributed by atoms with Gasteiger partial charge in [-0.1, -0.05) is 11.8 Å². The van der Waals surface area contributed by atoms with Crippen LogP contribution in [0.5, 0.6) is 5.75 Å². The lowest BCUT2D eigenvalue weighted by molar-refractivity contribution is -0.118. The van der Waals surface area contributed by atoms with E-state index in [0.717, 1.165) is 11.3 Å². The third kappa shape index (κ3) is 4.87. The monoisotopic (exact) mass is 359 g/mol. The molecule has 0 saturated heterocycles. The maximum Gasteiger partial charge on any atom is 0.277 e. The number of carbonyl (C=O) groups excluding carboxylic acids is 1. The van der Waals surface area contributed by atoms with Gasteiger partial charge in [0.15, 0.2) is 0 Å². The van der Waals surface area contributed by atoms with Gasteiger partial charge in [-0.15, -0.1) is 10.2 Å². The number of thioether (sulfide) groups is 1. The summed E-state index contributed by atoms with van der Waals surface area (Å²) in [5.41, 5.74) is 0.796. The number of carbonyl (C=O) groups is 1. The lowest BCUT2D eigenvalue weighted by Gasteiger charge is -2.02. The molecule has 0 aliphatic heterocycles. The van der Waals surface area contributed by atoms with Crippen molar-refractivity contribution in [3.63, 3.8) is 0 Å². The molecule has 8 heteroatoms. The van der Waals surface area contributed by atoms with E-state index in [0.29, 0.717) is 30.0 Å². The highest BCUT2D eigenvalue weighted by atomic mass is 32.2. The standard InChI is InChI=1S/C17H17N3O4S/c1-2-22-13-7-5-12(6-8-13)16-19-20-17(24-16)25-11-15(21)18-10-14-4-3-9-23-14/h3-9H,2,10-11H2,1H3,(H,18,21). The Labute approximate surface area is 148 Å². The third-order valence-corrected chi connectivity index (χ3v) is 4.00. The van der Waals surface area contributed by atoms with Crippen LogP contribution in [-0.4, -0.2) is 28.5 Å². The molecule has 130 valence electrons. The first kappa shape index (κ1) is 17.1. The molecule has 2 heterocycles. The van der Waals surface area contributed by atoms with E-state index in [9.17, 15) is 4.79 Å². The molecular weight excluding hydrogens is 342 g/mol. The predicted octanol–water partition coefficient (Wildman–Crippen LogP) is 3.14. The normalized spacial score (nSPS) is 10.6. The summed E-state index contributed by atoms with van der Waals surface area (Å²) in [5.74, 6) is 1.94. The van der Waals surface area contributed by atoms with E-state index in [4.69, 9.17) is 13.6 Å². The van der Waals surface area contributed by atoms with Crippen LogP contribution in [-0.2, 0) is 11.3 Å². The highest BCUT2D eigenvalue weighted by Crippen LogP contribution is 2.24. The van der Waals surface area contributed by atoms with Gasteiger partial charge in [0, 0.05) is 5.56 Å². The fourth-order valence-electron chi connectivity index (χ4n) is 2.02. The van der Waals surface area contributed by atoms with Crippen molar-refractivity contribution < 1.29 is 18.4 Å². The fourth-order valence-corrected chi connectivity index (χ4v) is 2.62. The molecule has 1 aromatic carbocycles. The Kier molecular flexibility index (Phi) is 5.73. The summed E-state index contributed by atoms with van der Waals surface area (Å²) in [7, 11) is 0. The van der Waals surface area contributed by atoms with Crippen molar-refractivity contribution in [3.05, 3.63) is 48.4 Å². The van der Waals surface area contributed by atoms with Crippen molar-refractivity contribution in [1.29, 1.82) is 0 Å². The number of aromatic nitrogens is 2. The molecule has 25 heavy (non-hydrogen) atoms. The number of nitrogens with zero attached hydrogens (tertiary/aromatic N) is 2. The van der Waals surface area contributed by atoms with Crippen LogP contribution in [0.25, 0.3) is 11.5 Å². The molecule has 0 atom stereocenters. The number of hydrogen-bond donors (Lipinski definition) is 1. The van der Waals surface area contributed by atoms with E-state index in [-0.39, 0.29) is 11.7 Å². The average Bonchev–Trinajstić information content (AvgIpc) is 3.31. The number of hydrogen-bond acceptors (Lipinski definition) is 7. The van der Waals surface area contributed by atoms with Crippen LogP contribution in [0.3, 0.4) is 0 Å². The quantitative estimate of drug-likeness (QED) is 0.618. The van der Waals surface area contributed by atoms with Crippen LogP contribution in [0, 0.1) is 0 Å². The predicted molar refractivity (Wildman–Crippen MR) is 92.2 cm³/mol. The molecule has 0 radical (unpaired) electrons. The molecule has 7 nitrogen and oxygen atoms in total. The Morgan fingerprint density at radius 2 is 2.08 bits per heavy atom. The molecular formula is C17H17N3O4S. The maximum atomic E-state index is 11.8. The third-order valence-electron chi connectivity index (χ3n) is 3.19. The zero-order chi connectivity index (χ0) is 17.5. The van der Waals surface area contributed by atoms with Gasteiger partial charge >= 0.3 is 0 Å². The molecule has 0 spiro atoms. The van der Waals surface area contributed by atoms with Crippen LogP contribution in [0.2, 0.25) is 0 Å². The maximum absolute atomic E-state index is 11.8. The molecule has 1 N–H and O–H groups in total. The summed E-state index contributed by atoms with van der Waals surface area (Å²) in [4.78, 5) is 11.8. The molecule has 2 aromatic heterocycles. The van der Waals surface area contributed by atoms with Gasteiger partial charge in [0.2, 0.25) is 11.8 Å². The second-order valence-electron chi connectivity index (χ2n) is 4.98. The minimum atomic E-state index is -0.137. The highest BCUT2D eigenvalue weighted by Gasteiger charge is 2.11. The molecule has 3 rings (SSSR count). The largest absolute Gasteiger partial charge is 0.494 e. The number of benzene rings is 1. The van der Waals surface area contributed by atoms with E-state index >= 15 is 0 Å². The van der Waals surface area contributed by atoms with E-state index in [1.807, 2.05) is 31.2 Å². The highest BCUT2D eigenvalue weighted by molar-refractivity contribution is 7.99. The van der Waals surface area contributed by atoms with Crippen LogP contribution >= 0.6 is 11.8 Å². The number of amides is 1. The minimum absolute atomic E-state index is 0.137. The average molecular weight is 359 g/mol. The molecule has 0 unspecified atom stereocenters. The molecule has 0 saturated carbocycles. The van der Waals surface area contributed by atoms with Gasteiger partial charge in [-0.3, -0.25) is 4.79 Å². The molecule has 0 fully saturated rings. The molecule has 1 amide bonds. The molecule has 0 aliphatic rings. The smallest absolute Gasteiger partial charge is 0.277 e. The number of rotatable bonds is 8. The lowest BCUT2D eigenvalue weighted by Crippen LogP contribution is -2.24. The van der Waals surface area contributed by atoms with Crippen molar-refractivity contribution in [2.24, 2.45) is 0 Å².